The second kappa shape index (κ2) is 17.2. The lowest BCUT2D eigenvalue weighted by atomic mass is 10.2. The van der Waals surface area contributed by atoms with Gasteiger partial charge in [0, 0.05) is 129 Å². The molecule has 0 amide bonds. The number of anilines is 2. The maximum atomic E-state index is 4.80. The number of rotatable bonds is 8. The number of nitrogens with one attached hydrogen (secondary N) is 2. The molecule has 8 aromatic heterocycles. The van der Waals surface area contributed by atoms with Gasteiger partial charge in [-0.3, -0.25) is 29.1 Å². The van der Waals surface area contributed by atoms with E-state index in [0.717, 1.165) is 142 Å². The summed E-state index contributed by atoms with van der Waals surface area (Å²) in [7, 11) is 3.86. The standard InChI is InChI=1S/C22H25BrN8.C20H21BrN8/c1-14-18(15(2)29(3)28-14)21-26-19-20(17(23)12-25-22(19)27-21)31-9-7-30(8-10-31)13-16-5-4-6-24-11-16;1-27-13-15(10-24-27)19-25-17-18(16(21)11-23-20(17)26-19)29-7-5-28(6-8-29)12-14-3-2-4-22-9-14/h4-6,11-12H,7-10,13H2,1-3H3,(H,25,26,27);2-4,9-11,13H,5-8,12H2,1H3,(H,23,25,26). The molecule has 0 unspecified atom stereocenters. The third-order valence-corrected chi connectivity index (χ3v) is 12.4. The van der Waals surface area contributed by atoms with Crippen molar-refractivity contribution in [2.75, 3.05) is 62.2 Å². The quantitative estimate of drug-likeness (QED) is 0.176. The van der Waals surface area contributed by atoms with E-state index in [1.807, 2.05) is 87.4 Å². The zero-order valence-electron chi connectivity index (χ0n) is 34.0. The molecule has 0 aliphatic carbocycles. The molecule has 2 aliphatic heterocycles. The fourth-order valence-corrected chi connectivity index (χ4v) is 9.24. The molecule has 16 nitrogen and oxygen atoms in total. The topological polar surface area (TPSA) is 158 Å². The van der Waals surface area contributed by atoms with Crippen molar-refractivity contribution in [2.24, 2.45) is 14.1 Å². The molecule has 2 aliphatic rings. The number of aromatic amines is 2. The van der Waals surface area contributed by atoms with Crippen molar-refractivity contribution < 1.29 is 0 Å². The van der Waals surface area contributed by atoms with E-state index in [4.69, 9.17) is 4.98 Å². The van der Waals surface area contributed by atoms with Crippen LogP contribution in [0.1, 0.15) is 22.5 Å². The van der Waals surface area contributed by atoms with Crippen LogP contribution in [0.25, 0.3) is 45.1 Å². The minimum absolute atomic E-state index is 0.722. The van der Waals surface area contributed by atoms with Crippen LogP contribution in [0, 0.1) is 13.8 Å². The Bertz CT molecular complexity index is 2720. The van der Waals surface area contributed by atoms with Gasteiger partial charge in [0.15, 0.2) is 11.3 Å². The van der Waals surface area contributed by atoms with Crippen LogP contribution in [0.3, 0.4) is 0 Å². The fourth-order valence-electron chi connectivity index (χ4n) is 8.13. The molecule has 0 radical (unpaired) electrons. The average molecular weight is 935 g/mol. The molecule has 0 bridgehead atoms. The molecule has 0 spiro atoms. The van der Waals surface area contributed by atoms with Crippen LogP contribution in [0.5, 0.6) is 0 Å². The summed E-state index contributed by atoms with van der Waals surface area (Å²) in [6.45, 7) is 13.7. The van der Waals surface area contributed by atoms with Gasteiger partial charge in [-0.05, 0) is 69.0 Å². The van der Waals surface area contributed by atoms with Crippen LogP contribution in [-0.4, -0.2) is 122 Å². The van der Waals surface area contributed by atoms with E-state index in [1.165, 1.54) is 11.1 Å². The Kier molecular flexibility index (Phi) is 11.4. The van der Waals surface area contributed by atoms with E-state index in [2.05, 4.69) is 116 Å². The first-order valence-electron chi connectivity index (χ1n) is 20.0. The first-order chi connectivity index (χ1) is 29.2. The minimum atomic E-state index is 0.722. The molecule has 0 atom stereocenters. The van der Waals surface area contributed by atoms with Gasteiger partial charge in [-0.2, -0.15) is 10.2 Å². The summed E-state index contributed by atoms with van der Waals surface area (Å²) in [6.07, 6.45) is 15.0. The van der Waals surface area contributed by atoms with Gasteiger partial charge in [-0.15, -0.1) is 0 Å². The van der Waals surface area contributed by atoms with Crippen molar-refractivity contribution in [2.45, 2.75) is 26.9 Å². The Balaban J connectivity index is 0.000000154. The summed E-state index contributed by atoms with van der Waals surface area (Å²) in [6, 6.07) is 8.26. The van der Waals surface area contributed by atoms with E-state index in [9.17, 15) is 0 Å². The van der Waals surface area contributed by atoms with Gasteiger partial charge in [-0.25, -0.2) is 19.9 Å². The maximum absolute atomic E-state index is 4.80. The van der Waals surface area contributed by atoms with E-state index in [0.29, 0.717) is 0 Å². The monoisotopic (exact) mass is 932 g/mol. The number of hydrogen-bond acceptors (Lipinski definition) is 12. The van der Waals surface area contributed by atoms with Gasteiger partial charge in [0.1, 0.15) is 22.7 Å². The lowest BCUT2D eigenvalue weighted by Crippen LogP contribution is -2.46. The molecule has 18 heteroatoms. The highest BCUT2D eigenvalue weighted by atomic mass is 79.9. The van der Waals surface area contributed by atoms with Crippen molar-refractivity contribution >= 4 is 65.6 Å². The number of H-pyrrole nitrogens is 2. The highest BCUT2D eigenvalue weighted by molar-refractivity contribution is 9.11. The Morgan fingerprint density at radius 1 is 0.650 bits per heavy atom. The molecule has 308 valence electrons. The maximum Gasteiger partial charge on any atom is 0.180 e. The normalized spacial score (nSPS) is 15.2. The number of imidazole rings is 2. The van der Waals surface area contributed by atoms with Gasteiger partial charge < -0.3 is 19.8 Å². The predicted molar refractivity (Wildman–Crippen MR) is 241 cm³/mol. The molecule has 2 fully saturated rings. The summed E-state index contributed by atoms with van der Waals surface area (Å²) in [5.41, 5.74) is 12.2. The summed E-state index contributed by atoms with van der Waals surface area (Å²) in [5.74, 6) is 1.61. The fraction of sp³-hybridized carbons (Fsp3) is 0.333. The lowest BCUT2D eigenvalue weighted by Gasteiger charge is -2.36. The van der Waals surface area contributed by atoms with Crippen LogP contribution >= 0.6 is 31.9 Å². The van der Waals surface area contributed by atoms with E-state index in [1.54, 1.807) is 4.68 Å². The van der Waals surface area contributed by atoms with Crippen LogP contribution < -0.4 is 9.80 Å². The number of halogens is 2. The van der Waals surface area contributed by atoms with Gasteiger partial charge in [0.2, 0.25) is 0 Å². The third kappa shape index (κ3) is 8.28. The van der Waals surface area contributed by atoms with Gasteiger partial charge in [0.05, 0.1) is 43.3 Å². The molecule has 2 N–H and O–H groups in total. The Morgan fingerprint density at radius 3 is 1.62 bits per heavy atom. The van der Waals surface area contributed by atoms with Crippen LogP contribution in [0.2, 0.25) is 0 Å². The summed E-state index contributed by atoms with van der Waals surface area (Å²) in [4.78, 5) is 43.8. The molecular weight excluding hydrogens is 888 g/mol. The largest absolute Gasteiger partial charge is 0.366 e. The molecular formula is C42H46Br2N16. The number of piperazine rings is 2. The van der Waals surface area contributed by atoms with E-state index in [-0.39, 0.29) is 0 Å². The van der Waals surface area contributed by atoms with Crippen molar-refractivity contribution in [1.82, 2.24) is 69.2 Å². The molecule has 60 heavy (non-hydrogen) atoms. The highest BCUT2D eigenvalue weighted by Gasteiger charge is 2.26. The molecule has 2 saturated heterocycles. The molecule has 10 heterocycles. The predicted octanol–water partition coefficient (Wildman–Crippen LogP) is 6.29. The van der Waals surface area contributed by atoms with Crippen LogP contribution in [-0.2, 0) is 27.2 Å². The minimum Gasteiger partial charge on any atom is -0.366 e. The van der Waals surface area contributed by atoms with Crippen molar-refractivity contribution in [3.8, 4) is 22.8 Å². The molecule has 10 rings (SSSR count). The number of fused-ring (bicyclic) bond motifs is 2. The third-order valence-electron chi connectivity index (χ3n) is 11.3. The van der Waals surface area contributed by atoms with Crippen LogP contribution in [0.4, 0.5) is 11.4 Å². The number of nitrogens with zero attached hydrogens (tertiary/aromatic N) is 14. The van der Waals surface area contributed by atoms with E-state index >= 15 is 0 Å². The first-order valence-corrected chi connectivity index (χ1v) is 21.6. The Morgan fingerprint density at radius 2 is 1.17 bits per heavy atom. The van der Waals surface area contributed by atoms with Gasteiger partial charge in [-0.1, -0.05) is 12.1 Å². The number of aromatic nitrogens is 12. The number of hydrogen-bond donors (Lipinski definition) is 2. The lowest BCUT2D eigenvalue weighted by molar-refractivity contribution is 0.249. The van der Waals surface area contributed by atoms with Crippen molar-refractivity contribution in [3.05, 3.63) is 105 Å². The smallest absolute Gasteiger partial charge is 0.180 e. The molecule has 0 aromatic carbocycles. The Labute approximate surface area is 364 Å². The van der Waals surface area contributed by atoms with Gasteiger partial charge >= 0.3 is 0 Å². The number of aryl methyl sites for hydroxylation is 3. The van der Waals surface area contributed by atoms with E-state index < -0.39 is 0 Å². The molecule has 8 aromatic rings. The summed E-state index contributed by atoms with van der Waals surface area (Å²) in [5, 5.41) is 8.78. The highest BCUT2D eigenvalue weighted by Crippen LogP contribution is 2.36. The Hall–Kier alpha value is -5.56. The second-order valence-electron chi connectivity index (χ2n) is 15.3. The van der Waals surface area contributed by atoms with Crippen molar-refractivity contribution in [1.29, 1.82) is 0 Å². The van der Waals surface area contributed by atoms with Crippen LogP contribution in [0.15, 0.2) is 82.8 Å². The first kappa shape index (κ1) is 39.9. The summed E-state index contributed by atoms with van der Waals surface area (Å²) < 4.78 is 5.63. The van der Waals surface area contributed by atoms with Crippen molar-refractivity contribution in [3.63, 3.8) is 0 Å². The molecule has 0 saturated carbocycles. The summed E-state index contributed by atoms with van der Waals surface area (Å²) >= 11 is 7.43. The average Bonchev–Trinajstić information content (AvgIpc) is 4.05. The van der Waals surface area contributed by atoms with Gasteiger partial charge in [0.25, 0.3) is 0 Å². The zero-order valence-corrected chi connectivity index (χ0v) is 37.2. The SMILES string of the molecule is Cc1nn(C)c(C)c1-c1nc2ncc(Br)c(N3CCN(Cc4cccnc4)CC3)c2[nH]1.Cn1cc(-c2nc3ncc(Br)c(N4CCN(Cc5cccnc5)CC4)c3[nH]2)cn1. The zero-order chi connectivity index (χ0) is 41.3. The second-order valence-corrected chi connectivity index (χ2v) is 17.0. The number of pyridine rings is 4.